The number of hydrogen-bond donors (Lipinski definition) is 1. The number of rotatable bonds is 9. The normalized spacial score (nSPS) is 15.1. The van der Waals surface area contributed by atoms with Crippen molar-refractivity contribution in [2.75, 3.05) is 29.4 Å². The number of anilines is 2. The minimum Gasteiger partial charge on any atom is -0.477 e. The van der Waals surface area contributed by atoms with Crippen LogP contribution in [0, 0.1) is 0 Å². The Kier molecular flexibility index (Phi) is 7.70. The van der Waals surface area contributed by atoms with Crippen LogP contribution in [0.15, 0.2) is 67.3 Å². The summed E-state index contributed by atoms with van der Waals surface area (Å²) >= 11 is 0. The highest BCUT2D eigenvalue weighted by Gasteiger charge is 2.33. The van der Waals surface area contributed by atoms with Crippen molar-refractivity contribution >= 4 is 23.2 Å². The molecule has 2 amide bonds. The summed E-state index contributed by atoms with van der Waals surface area (Å²) in [6.07, 6.45) is 2.76. The fourth-order valence-corrected chi connectivity index (χ4v) is 3.72. The van der Waals surface area contributed by atoms with Crippen LogP contribution in [0.4, 0.5) is 11.4 Å². The Hall–Kier alpha value is -3.28. The number of ether oxygens (including phenoxy) is 1. The molecule has 0 spiro atoms. The minimum atomic E-state index is -0.673. The highest BCUT2D eigenvalue weighted by atomic mass is 16.5. The van der Waals surface area contributed by atoms with Gasteiger partial charge in [-0.15, -0.1) is 6.58 Å². The van der Waals surface area contributed by atoms with Crippen LogP contribution in [-0.4, -0.2) is 43.6 Å². The molecule has 1 aliphatic heterocycles. The number of carbonyl (C=O) groups excluding carboxylic acids is 2. The molecule has 3 rings (SSSR count). The first kappa shape index (κ1) is 22.4. The van der Waals surface area contributed by atoms with Gasteiger partial charge < -0.3 is 19.9 Å². The third-order valence-electron chi connectivity index (χ3n) is 5.49. The molecule has 0 radical (unpaired) electrons. The number of nitrogens with zero attached hydrogens (tertiary/aromatic N) is 2. The zero-order valence-electron chi connectivity index (χ0n) is 18.3. The molecule has 0 saturated carbocycles. The van der Waals surface area contributed by atoms with Gasteiger partial charge in [0, 0.05) is 18.3 Å². The van der Waals surface area contributed by atoms with E-state index in [1.807, 2.05) is 73.3 Å². The standard InChI is InChI=1S/C25H31N3O3/c1-4-16-28(20-12-8-7-9-13-20)24(29)18-27-17-23(25(30)26-19(5-2)6-3)31-22-15-11-10-14-21(22)27/h4,7-15,19,23H,1,5-6,16-18H2,2-3H3,(H,26,30). The summed E-state index contributed by atoms with van der Waals surface area (Å²) in [4.78, 5) is 29.7. The number of amides is 2. The van der Waals surface area contributed by atoms with Gasteiger partial charge in [-0.2, -0.15) is 0 Å². The first-order valence-electron chi connectivity index (χ1n) is 10.8. The van der Waals surface area contributed by atoms with Gasteiger partial charge in [-0.25, -0.2) is 0 Å². The molecule has 1 heterocycles. The highest BCUT2D eigenvalue weighted by molar-refractivity contribution is 5.97. The van der Waals surface area contributed by atoms with Gasteiger partial charge in [-0.3, -0.25) is 9.59 Å². The fourth-order valence-electron chi connectivity index (χ4n) is 3.72. The number of carbonyl (C=O) groups is 2. The van der Waals surface area contributed by atoms with Crippen LogP contribution in [0.1, 0.15) is 26.7 Å². The molecule has 6 nitrogen and oxygen atoms in total. The molecule has 1 atom stereocenters. The van der Waals surface area contributed by atoms with E-state index in [4.69, 9.17) is 4.74 Å². The molecule has 0 aliphatic carbocycles. The lowest BCUT2D eigenvalue weighted by molar-refractivity contribution is -0.129. The van der Waals surface area contributed by atoms with E-state index in [1.165, 1.54) is 0 Å². The molecule has 0 aromatic heterocycles. The van der Waals surface area contributed by atoms with Crippen LogP contribution < -0.4 is 19.9 Å². The van der Waals surface area contributed by atoms with Crippen LogP contribution in [0.5, 0.6) is 5.75 Å². The average molecular weight is 422 g/mol. The number of hydrogen-bond acceptors (Lipinski definition) is 4. The lowest BCUT2D eigenvalue weighted by atomic mass is 10.1. The van der Waals surface area contributed by atoms with Crippen molar-refractivity contribution in [3.05, 3.63) is 67.3 Å². The van der Waals surface area contributed by atoms with E-state index in [0.29, 0.717) is 18.8 Å². The van der Waals surface area contributed by atoms with Gasteiger partial charge in [0.2, 0.25) is 5.91 Å². The molecule has 0 fully saturated rings. The van der Waals surface area contributed by atoms with Crippen molar-refractivity contribution in [2.24, 2.45) is 0 Å². The van der Waals surface area contributed by atoms with E-state index in [0.717, 1.165) is 24.2 Å². The zero-order chi connectivity index (χ0) is 22.2. The van der Waals surface area contributed by atoms with Crippen molar-refractivity contribution in [1.29, 1.82) is 0 Å². The van der Waals surface area contributed by atoms with Crippen molar-refractivity contribution in [1.82, 2.24) is 5.32 Å². The Bertz CT molecular complexity index is 896. The molecule has 2 aromatic carbocycles. The molecule has 164 valence electrons. The quantitative estimate of drug-likeness (QED) is 0.626. The van der Waals surface area contributed by atoms with E-state index >= 15 is 0 Å². The summed E-state index contributed by atoms with van der Waals surface area (Å²) in [5.74, 6) is 0.398. The predicted molar refractivity (Wildman–Crippen MR) is 125 cm³/mol. The fraction of sp³-hybridized carbons (Fsp3) is 0.360. The van der Waals surface area contributed by atoms with Gasteiger partial charge in [0.05, 0.1) is 18.8 Å². The molecule has 6 heteroatoms. The topological polar surface area (TPSA) is 61.9 Å². The van der Waals surface area contributed by atoms with E-state index in [2.05, 4.69) is 11.9 Å². The van der Waals surface area contributed by atoms with Crippen LogP contribution in [-0.2, 0) is 9.59 Å². The van der Waals surface area contributed by atoms with Crippen molar-refractivity contribution < 1.29 is 14.3 Å². The Labute approximate surface area is 184 Å². The molecular formula is C25H31N3O3. The molecular weight excluding hydrogens is 390 g/mol. The maximum Gasteiger partial charge on any atom is 0.263 e. The van der Waals surface area contributed by atoms with E-state index in [9.17, 15) is 9.59 Å². The van der Waals surface area contributed by atoms with Crippen LogP contribution in [0.3, 0.4) is 0 Å². The summed E-state index contributed by atoms with van der Waals surface area (Å²) in [5, 5.41) is 3.06. The van der Waals surface area contributed by atoms with Crippen molar-refractivity contribution in [3.63, 3.8) is 0 Å². The van der Waals surface area contributed by atoms with Crippen LogP contribution in [0.25, 0.3) is 0 Å². The van der Waals surface area contributed by atoms with E-state index in [1.54, 1.807) is 11.0 Å². The smallest absolute Gasteiger partial charge is 0.263 e. The van der Waals surface area contributed by atoms with Gasteiger partial charge >= 0.3 is 0 Å². The van der Waals surface area contributed by atoms with Gasteiger partial charge in [0.15, 0.2) is 6.10 Å². The SMILES string of the molecule is C=CCN(C(=O)CN1CC(C(=O)NC(CC)CC)Oc2ccccc21)c1ccccc1. The van der Waals surface area contributed by atoms with Gasteiger partial charge in [0.25, 0.3) is 5.91 Å². The lowest BCUT2D eigenvalue weighted by Gasteiger charge is -2.36. The highest BCUT2D eigenvalue weighted by Crippen LogP contribution is 2.33. The molecule has 1 unspecified atom stereocenters. The second-order valence-electron chi connectivity index (χ2n) is 7.61. The summed E-state index contributed by atoms with van der Waals surface area (Å²) in [6.45, 7) is 8.75. The molecule has 2 aromatic rings. The molecule has 0 saturated heterocycles. The third kappa shape index (κ3) is 5.45. The lowest BCUT2D eigenvalue weighted by Crippen LogP contribution is -2.53. The summed E-state index contributed by atoms with van der Waals surface area (Å²) in [5.41, 5.74) is 1.63. The van der Waals surface area contributed by atoms with Crippen molar-refractivity contribution in [3.8, 4) is 5.75 Å². The third-order valence-corrected chi connectivity index (χ3v) is 5.49. The predicted octanol–water partition coefficient (Wildman–Crippen LogP) is 3.78. The second-order valence-corrected chi connectivity index (χ2v) is 7.61. The number of fused-ring (bicyclic) bond motifs is 1. The van der Waals surface area contributed by atoms with Crippen LogP contribution in [0.2, 0.25) is 0 Å². The minimum absolute atomic E-state index is 0.0676. The zero-order valence-corrected chi connectivity index (χ0v) is 18.3. The maximum absolute atomic E-state index is 13.3. The second kappa shape index (κ2) is 10.7. The summed E-state index contributed by atoms with van der Waals surface area (Å²) < 4.78 is 5.99. The Morgan fingerprint density at radius 1 is 1.16 bits per heavy atom. The first-order valence-corrected chi connectivity index (χ1v) is 10.8. The molecule has 0 bridgehead atoms. The maximum atomic E-state index is 13.3. The number of nitrogens with one attached hydrogen (secondary N) is 1. The molecule has 1 aliphatic rings. The largest absolute Gasteiger partial charge is 0.477 e. The summed E-state index contributed by atoms with van der Waals surface area (Å²) in [7, 11) is 0. The number of para-hydroxylation sites is 3. The van der Waals surface area contributed by atoms with Gasteiger partial charge in [0.1, 0.15) is 5.75 Å². The van der Waals surface area contributed by atoms with Gasteiger partial charge in [-0.1, -0.05) is 50.3 Å². The average Bonchev–Trinajstić information content (AvgIpc) is 2.81. The first-order chi connectivity index (χ1) is 15.1. The van der Waals surface area contributed by atoms with Crippen LogP contribution >= 0.6 is 0 Å². The van der Waals surface area contributed by atoms with E-state index in [-0.39, 0.29) is 24.4 Å². The monoisotopic (exact) mass is 421 g/mol. The Balaban J connectivity index is 1.80. The van der Waals surface area contributed by atoms with Crippen molar-refractivity contribution in [2.45, 2.75) is 38.8 Å². The molecule has 31 heavy (non-hydrogen) atoms. The summed E-state index contributed by atoms with van der Waals surface area (Å²) in [6, 6.07) is 17.2. The Morgan fingerprint density at radius 2 is 1.84 bits per heavy atom. The number of benzene rings is 2. The molecule has 1 N–H and O–H groups in total. The van der Waals surface area contributed by atoms with E-state index < -0.39 is 6.10 Å². The van der Waals surface area contributed by atoms with Gasteiger partial charge in [-0.05, 0) is 37.1 Å². The Morgan fingerprint density at radius 3 is 2.52 bits per heavy atom.